The first-order valence-corrected chi connectivity index (χ1v) is 7.40. The highest BCUT2D eigenvalue weighted by atomic mass is 16.2. The van der Waals surface area contributed by atoms with E-state index >= 15 is 0 Å². The Morgan fingerprint density at radius 1 is 1.42 bits per heavy atom. The summed E-state index contributed by atoms with van der Waals surface area (Å²) in [6.45, 7) is 4.79. The Labute approximate surface area is 115 Å². The number of likely N-dealkylation sites (tertiary alicyclic amines) is 1. The van der Waals surface area contributed by atoms with Crippen LogP contribution in [0, 0.1) is 0 Å². The van der Waals surface area contributed by atoms with Crippen LogP contribution < -0.4 is 5.32 Å². The van der Waals surface area contributed by atoms with Crippen molar-refractivity contribution in [3.05, 3.63) is 35.4 Å². The molecule has 1 aromatic rings. The molecule has 0 bridgehead atoms. The molecule has 3 nitrogen and oxygen atoms in total. The summed E-state index contributed by atoms with van der Waals surface area (Å²) in [5.74, 6) is 0.334. The van der Waals surface area contributed by atoms with Gasteiger partial charge in [0.2, 0.25) is 5.91 Å². The second kappa shape index (κ2) is 5.33. The van der Waals surface area contributed by atoms with E-state index in [9.17, 15) is 4.79 Å². The summed E-state index contributed by atoms with van der Waals surface area (Å²) >= 11 is 0. The maximum Gasteiger partial charge on any atom is 0.231 e. The molecule has 19 heavy (non-hydrogen) atoms. The summed E-state index contributed by atoms with van der Waals surface area (Å²) in [4.78, 5) is 14.9. The molecule has 1 amide bonds. The fourth-order valence-corrected chi connectivity index (χ4v) is 3.47. The lowest BCUT2D eigenvalue weighted by Crippen LogP contribution is -2.43. The minimum Gasteiger partial charge on any atom is -0.339 e. The molecule has 0 aromatic heterocycles. The van der Waals surface area contributed by atoms with E-state index in [-0.39, 0.29) is 5.92 Å². The van der Waals surface area contributed by atoms with Gasteiger partial charge in [0.15, 0.2) is 0 Å². The molecule has 0 radical (unpaired) electrons. The van der Waals surface area contributed by atoms with Crippen LogP contribution in [0.5, 0.6) is 0 Å². The Hall–Kier alpha value is -1.35. The molecule has 2 aliphatic heterocycles. The Morgan fingerprint density at radius 3 is 3.11 bits per heavy atom. The molecule has 0 aliphatic carbocycles. The predicted molar refractivity (Wildman–Crippen MR) is 75.9 cm³/mol. The zero-order valence-electron chi connectivity index (χ0n) is 11.6. The minimum absolute atomic E-state index is 0.0112. The molecular formula is C16H22N2O. The van der Waals surface area contributed by atoms with E-state index in [4.69, 9.17) is 0 Å². The van der Waals surface area contributed by atoms with Crippen molar-refractivity contribution in [2.24, 2.45) is 0 Å². The van der Waals surface area contributed by atoms with Crippen LogP contribution in [0.25, 0.3) is 0 Å². The second-order valence-corrected chi connectivity index (χ2v) is 5.62. The van der Waals surface area contributed by atoms with Crippen molar-refractivity contribution < 1.29 is 4.79 Å². The van der Waals surface area contributed by atoms with Crippen molar-refractivity contribution in [1.29, 1.82) is 0 Å². The molecular weight excluding hydrogens is 236 g/mol. The highest BCUT2D eigenvalue weighted by molar-refractivity contribution is 5.85. The van der Waals surface area contributed by atoms with E-state index in [0.717, 1.165) is 32.5 Å². The van der Waals surface area contributed by atoms with E-state index in [2.05, 4.69) is 35.3 Å². The standard InChI is InChI=1S/C16H22N2O/c1-2-13-7-5-9-18(13)16(19)15-11-17-10-12-6-3-4-8-14(12)15/h3-4,6,8,13,15,17H,2,5,7,9-11H2,1H3. The van der Waals surface area contributed by atoms with Gasteiger partial charge in [0.05, 0.1) is 5.92 Å². The first kappa shape index (κ1) is 12.7. The summed E-state index contributed by atoms with van der Waals surface area (Å²) in [5, 5.41) is 3.38. The van der Waals surface area contributed by atoms with Crippen LogP contribution in [0.1, 0.15) is 43.2 Å². The first-order valence-electron chi connectivity index (χ1n) is 7.40. The van der Waals surface area contributed by atoms with Crippen molar-refractivity contribution in [3.8, 4) is 0 Å². The molecule has 102 valence electrons. The van der Waals surface area contributed by atoms with Crippen LogP contribution in [-0.2, 0) is 11.3 Å². The maximum atomic E-state index is 12.8. The monoisotopic (exact) mass is 258 g/mol. The van der Waals surface area contributed by atoms with Gasteiger partial charge in [-0.25, -0.2) is 0 Å². The molecule has 3 heteroatoms. The smallest absolute Gasteiger partial charge is 0.231 e. The number of hydrogen-bond donors (Lipinski definition) is 1. The summed E-state index contributed by atoms with van der Waals surface area (Å²) in [7, 11) is 0. The maximum absolute atomic E-state index is 12.8. The van der Waals surface area contributed by atoms with Crippen LogP contribution in [0.4, 0.5) is 0 Å². The normalized spacial score (nSPS) is 26.3. The van der Waals surface area contributed by atoms with Gasteiger partial charge in [-0.1, -0.05) is 31.2 Å². The van der Waals surface area contributed by atoms with Crippen molar-refractivity contribution in [3.63, 3.8) is 0 Å². The van der Waals surface area contributed by atoms with E-state index in [1.807, 2.05) is 6.07 Å². The van der Waals surface area contributed by atoms with E-state index < -0.39 is 0 Å². The van der Waals surface area contributed by atoms with Crippen molar-refractivity contribution in [1.82, 2.24) is 10.2 Å². The van der Waals surface area contributed by atoms with Gasteiger partial charge in [-0.2, -0.15) is 0 Å². The van der Waals surface area contributed by atoms with Crippen molar-refractivity contribution in [2.45, 2.75) is 44.7 Å². The zero-order valence-corrected chi connectivity index (χ0v) is 11.6. The molecule has 3 rings (SSSR count). The van der Waals surface area contributed by atoms with Gasteiger partial charge in [-0.15, -0.1) is 0 Å². The molecule has 2 unspecified atom stereocenters. The van der Waals surface area contributed by atoms with Gasteiger partial charge in [-0.3, -0.25) is 4.79 Å². The number of benzene rings is 1. The van der Waals surface area contributed by atoms with Crippen LogP contribution in [0.15, 0.2) is 24.3 Å². The quantitative estimate of drug-likeness (QED) is 0.882. The summed E-state index contributed by atoms with van der Waals surface area (Å²) < 4.78 is 0. The van der Waals surface area contributed by atoms with Gasteiger partial charge in [0.1, 0.15) is 0 Å². The van der Waals surface area contributed by atoms with Gasteiger partial charge in [-0.05, 0) is 30.4 Å². The molecule has 0 saturated carbocycles. The van der Waals surface area contributed by atoms with Crippen molar-refractivity contribution >= 4 is 5.91 Å². The Morgan fingerprint density at radius 2 is 2.26 bits per heavy atom. The number of fused-ring (bicyclic) bond motifs is 1. The van der Waals surface area contributed by atoms with Crippen LogP contribution in [-0.4, -0.2) is 29.9 Å². The fourth-order valence-electron chi connectivity index (χ4n) is 3.47. The largest absolute Gasteiger partial charge is 0.339 e. The molecule has 1 aromatic carbocycles. The molecule has 2 aliphatic rings. The third-order valence-electron chi connectivity index (χ3n) is 4.52. The lowest BCUT2D eigenvalue weighted by molar-refractivity contribution is -0.133. The molecule has 1 fully saturated rings. The zero-order chi connectivity index (χ0) is 13.2. The number of amides is 1. The number of hydrogen-bond acceptors (Lipinski definition) is 2. The van der Waals surface area contributed by atoms with Crippen LogP contribution in [0.3, 0.4) is 0 Å². The van der Waals surface area contributed by atoms with Crippen LogP contribution >= 0.6 is 0 Å². The average Bonchev–Trinajstić information content (AvgIpc) is 2.94. The van der Waals surface area contributed by atoms with Gasteiger partial charge < -0.3 is 10.2 Å². The second-order valence-electron chi connectivity index (χ2n) is 5.62. The minimum atomic E-state index is 0.0112. The molecule has 0 spiro atoms. The topological polar surface area (TPSA) is 32.3 Å². The number of rotatable bonds is 2. The Balaban J connectivity index is 1.85. The molecule has 1 saturated heterocycles. The van der Waals surface area contributed by atoms with Gasteiger partial charge in [0.25, 0.3) is 0 Å². The Kier molecular flexibility index (Phi) is 3.56. The van der Waals surface area contributed by atoms with Gasteiger partial charge in [0, 0.05) is 25.7 Å². The third kappa shape index (κ3) is 2.27. The number of carbonyl (C=O) groups is 1. The number of carbonyl (C=O) groups excluding carboxylic acids is 1. The summed E-state index contributed by atoms with van der Waals surface area (Å²) in [5.41, 5.74) is 2.51. The molecule has 2 atom stereocenters. The molecule has 1 N–H and O–H groups in total. The van der Waals surface area contributed by atoms with E-state index in [0.29, 0.717) is 11.9 Å². The third-order valence-corrected chi connectivity index (χ3v) is 4.52. The average molecular weight is 258 g/mol. The lowest BCUT2D eigenvalue weighted by atomic mass is 9.89. The number of nitrogens with zero attached hydrogens (tertiary/aromatic N) is 1. The van der Waals surface area contributed by atoms with E-state index in [1.54, 1.807) is 0 Å². The fraction of sp³-hybridized carbons (Fsp3) is 0.562. The highest BCUT2D eigenvalue weighted by Crippen LogP contribution is 2.29. The lowest BCUT2D eigenvalue weighted by Gasteiger charge is -2.32. The van der Waals surface area contributed by atoms with Gasteiger partial charge >= 0.3 is 0 Å². The Bertz CT molecular complexity index is 472. The summed E-state index contributed by atoms with van der Waals surface area (Å²) in [6.07, 6.45) is 3.41. The van der Waals surface area contributed by atoms with Crippen LogP contribution in [0.2, 0.25) is 0 Å². The SMILES string of the molecule is CCC1CCCN1C(=O)C1CNCc2ccccc21. The van der Waals surface area contributed by atoms with Crippen molar-refractivity contribution in [2.75, 3.05) is 13.1 Å². The number of nitrogens with one attached hydrogen (secondary N) is 1. The summed E-state index contributed by atoms with van der Waals surface area (Å²) in [6, 6.07) is 8.81. The highest BCUT2D eigenvalue weighted by Gasteiger charge is 2.34. The predicted octanol–water partition coefficient (Wildman–Crippen LogP) is 2.27. The van der Waals surface area contributed by atoms with E-state index in [1.165, 1.54) is 17.5 Å². The molecule has 2 heterocycles. The first-order chi connectivity index (χ1) is 9.31.